The summed E-state index contributed by atoms with van der Waals surface area (Å²) >= 11 is 6.29. The number of benzene rings is 3. The number of hydrogen-bond acceptors (Lipinski definition) is 13. The van der Waals surface area contributed by atoms with Crippen LogP contribution in [-0.4, -0.2) is 112 Å². The van der Waals surface area contributed by atoms with Crippen LogP contribution in [0.2, 0.25) is 5.02 Å². The van der Waals surface area contributed by atoms with Crippen molar-refractivity contribution in [3.8, 4) is 5.88 Å². The summed E-state index contributed by atoms with van der Waals surface area (Å²) in [7, 11) is -5.04. The number of hydrogen-bond donors (Lipinski definition) is 3. The monoisotopic (exact) mass is 972 g/mol. The number of piperazine rings is 1. The summed E-state index contributed by atoms with van der Waals surface area (Å²) in [6.45, 7) is 4.57. The lowest BCUT2D eigenvalue weighted by molar-refractivity contribution is -0.384. The molecule has 2 aromatic heterocycles. The summed E-state index contributed by atoms with van der Waals surface area (Å²) in [5, 5.41) is 16.2. The largest absolute Gasteiger partial charge is 0.476 e. The summed E-state index contributed by atoms with van der Waals surface area (Å²) in [5.41, 5.74) is 3.91. The van der Waals surface area contributed by atoms with E-state index in [1.54, 1.807) is 23.2 Å². The molecule has 5 aromatic rings. The number of amides is 1. The molecule has 2 saturated heterocycles. The van der Waals surface area contributed by atoms with Crippen molar-refractivity contribution in [1.82, 2.24) is 19.6 Å². The second-order valence-electron chi connectivity index (χ2n) is 18.2. The molecule has 3 aliphatic heterocycles. The van der Waals surface area contributed by atoms with E-state index in [0.717, 1.165) is 24.8 Å². The first-order valence-corrected chi connectivity index (χ1v) is 24.8. The quantitative estimate of drug-likeness (QED) is 0.0804. The van der Waals surface area contributed by atoms with Gasteiger partial charge in [-0.1, -0.05) is 35.7 Å². The standard InChI is InChI=1S/C48H51ClF2N8O8S/c49-33-5-3-30(4-6-33)37-26-48(9-1-10-48)11-7-32(37)28-56-14-16-57(17-15-56)34-22-38(50)43(40(23-34)58-13-2-18-67-47-42(58)21-31-8-12-52-45(31)54-47)46(60)55-68(63,64)36-24-39(51)44(41(25-36)59(61)62)53-27-35-29-65-19-20-66-35/h3-6,8,12,21-25,35,53H,1-2,7,9-11,13-20,26-29H2,(H,52,54)(H,55,60)/t35-/m0/s1. The SMILES string of the molecule is O=C(NS(=O)(=O)c1cc(F)c(NC[C@H]2COCCO2)c([N+](=O)[O-])c1)c1c(F)cc(N2CCN(CC3=C(c4ccc(Cl)cc4)CC4(CCC4)CC3)CC2)cc1N1CCCOc2nc3[nH]ccc3cc21. The fraction of sp³-hybridized carbons (Fsp3) is 0.417. The van der Waals surface area contributed by atoms with Crippen molar-refractivity contribution in [3.05, 3.63) is 110 Å². The van der Waals surface area contributed by atoms with E-state index in [9.17, 15) is 23.3 Å². The Kier molecular flexibility index (Phi) is 12.8. The number of rotatable bonds is 12. The highest BCUT2D eigenvalue weighted by molar-refractivity contribution is 7.90. The highest BCUT2D eigenvalue weighted by Crippen LogP contribution is 2.55. The van der Waals surface area contributed by atoms with Crippen molar-refractivity contribution in [3.63, 3.8) is 0 Å². The number of sulfonamides is 1. The number of halogens is 3. The number of carbonyl (C=O) groups is 1. The van der Waals surface area contributed by atoms with Gasteiger partial charge in [-0.3, -0.25) is 19.8 Å². The number of pyridine rings is 1. The van der Waals surface area contributed by atoms with E-state index in [1.165, 1.54) is 48.5 Å². The van der Waals surface area contributed by atoms with Crippen LogP contribution in [0.5, 0.6) is 5.88 Å². The van der Waals surface area contributed by atoms with Crippen LogP contribution in [-0.2, 0) is 19.5 Å². The smallest absolute Gasteiger partial charge is 0.296 e. The lowest BCUT2D eigenvalue weighted by Crippen LogP contribution is -2.47. The zero-order valence-corrected chi connectivity index (χ0v) is 38.8. The summed E-state index contributed by atoms with van der Waals surface area (Å²) < 4.78 is 79.3. The lowest BCUT2D eigenvalue weighted by Gasteiger charge is -2.47. The second-order valence-corrected chi connectivity index (χ2v) is 20.3. The van der Waals surface area contributed by atoms with Crippen molar-refractivity contribution in [1.29, 1.82) is 0 Å². The Balaban J connectivity index is 0.943. The molecule has 16 nitrogen and oxygen atoms in total. The molecule has 20 heteroatoms. The van der Waals surface area contributed by atoms with E-state index in [-0.39, 0.29) is 44.5 Å². The van der Waals surface area contributed by atoms with Crippen molar-refractivity contribution < 1.29 is 41.1 Å². The van der Waals surface area contributed by atoms with E-state index < -0.39 is 60.4 Å². The third-order valence-corrected chi connectivity index (χ3v) is 15.5. The van der Waals surface area contributed by atoms with Gasteiger partial charge in [0.15, 0.2) is 5.82 Å². The number of carbonyl (C=O) groups excluding carboxylic acids is 1. The van der Waals surface area contributed by atoms with Crippen LogP contribution >= 0.6 is 11.6 Å². The number of ether oxygens (including phenoxy) is 3. The first-order valence-electron chi connectivity index (χ1n) is 23.0. The van der Waals surface area contributed by atoms with Gasteiger partial charge in [-0.2, -0.15) is 4.98 Å². The summed E-state index contributed by atoms with van der Waals surface area (Å²) in [5.74, 6) is -3.40. The fourth-order valence-electron chi connectivity index (χ4n) is 10.2. The van der Waals surface area contributed by atoms with Gasteiger partial charge >= 0.3 is 0 Å². The molecule has 0 bridgehead atoms. The zero-order chi connectivity index (χ0) is 47.2. The number of aromatic amines is 1. The molecule has 1 spiro atoms. The fourth-order valence-corrected chi connectivity index (χ4v) is 11.3. The van der Waals surface area contributed by atoms with E-state index in [1.807, 2.05) is 27.8 Å². The topological polar surface area (TPSA) is 185 Å². The van der Waals surface area contributed by atoms with Crippen LogP contribution in [0.3, 0.4) is 0 Å². The van der Waals surface area contributed by atoms with Crippen molar-refractivity contribution in [2.45, 2.75) is 55.9 Å². The minimum Gasteiger partial charge on any atom is -0.476 e. The number of nitrogens with one attached hydrogen (secondary N) is 3. The lowest BCUT2D eigenvalue weighted by atomic mass is 9.59. The molecule has 0 radical (unpaired) electrons. The Hall–Kier alpha value is -5.86. The van der Waals surface area contributed by atoms with Gasteiger partial charge in [-0.05, 0) is 97.5 Å². The minimum absolute atomic E-state index is 0.0501. The predicted molar refractivity (Wildman–Crippen MR) is 254 cm³/mol. The van der Waals surface area contributed by atoms with Crippen LogP contribution in [0.25, 0.3) is 16.6 Å². The number of allylic oxidation sites excluding steroid dienone is 1. The van der Waals surface area contributed by atoms with Gasteiger partial charge in [0.1, 0.15) is 22.8 Å². The Morgan fingerprint density at radius 1 is 0.956 bits per heavy atom. The molecule has 5 aliphatic rings. The predicted octanol–water partition coefficient (Wildman–Crippen LogP) is 8.20. The maximum absolute atomic E-state index is 17.0. The molecule has 358 valence electrons. The minimum atomic E-state index is -5.04. The first-order chi connectivity index (χ1) is 32.8. The molecule has 0 unspecified atom stereocenters. The average Bonchev–Trinajstić information content (AvgIpc) is 3.68. The van der Waals surface area contributed by atoms with Gasteiger partial charge < -0.3 is 34.3 Å². The van der Waals surface area contributed by atoms with Crippen LogP contribution in [0.4, 0.5) is 37.2 Å². The molecular formula is C48H51ClF2N8O8S. The van der Waals surface area contributed by atoms with E-state index in [2.05, 4.69) is 32.3 Å². The van der Waals surface area contributed by atoms with Gasteiger partial charge in [-0.25, -0.2) is 21.9 Å². The molecule has 1 saturated carbocycles. The molecule has 10 rings (SSSR count). The molecule has 5 heterocycles. The molecule has 1 atom stereocenters. The molecule has 1 amide bonds. The van der Waals surface area contributed by atoms with E-state index in [0.29, 0.717) is 78.8 Å². The van der Waals surface area contributed by atoms with Gasteiger partial charge in [0.25, 0.3) is 21.6 Å². The van der Waals surface area contributed by atoms with Crippen LogP contribution in [0, 0.1) is 27.2 Å². The molecule has 3 N–H and O–H groups in total. The van der Waals surface area contributed by atoms with Crippen LogP contribution in [0.1, 0.15) is 60.9 Å². The maximum atomic E-state index is 17.0. The van der Waals surface area contributed by atoms with Gasteiger partial charge in [0.2, 0.25) is 5.88 Å². The van der Waals surface area contributed by atoms with Gasteiger partial charge in [0, 0.05) is 74.2 Å². The molecule has 2 aliphatic carbocycles. The van der Waals surface area contributed by atoms with Crippen LogP contribution < -0.4 is 24.6 Å². The molecule has 3 fully saturated rings. The van der Waals surface area contributed by atoms with Crippen molar-refractivity contribution in [2.75, 3.05) is 87.4 Å². The number of H-pyrrole nitrogens is 1. The highest BCUT2D eigenvalue weighted by atomic mass is 35.5. The number of anilines is 4. The number of nitro benzene ring substituents is 1. The summed E-state index contributed by atoms with van der Waals surface area (Å²) in [6.07, 6.45) is 8.72. The Morgan fingerprint density at radius 2 is 1.76 bits per heavy atom. The van der Waals surface area contributed by atoms with Crippen molar-refractivity contribution in [2.24, 2.45) is 5.41 Å². The Morgan fingerprint density at radius 3 is 2.50 bits per heavy atom. The van der Waals surface area contributed by atoms with E-state index >= 15 is 8.78 Å². The molecule has 3 aromatic carbocycles. The normalized spacial score (nSPS) is 19.8. The Labute approximate surface area is 396 Å². The Bertz CT molecular complexity index is 2900. The highest BCUT2D eigenvalue weighted by Gasteiger charge is 2.41. The van der Waals surface area contributed by atoms with Crippen molar-refractivity contribution >= 4 is 72.6 Å². The number of fused-ring (bicyclic) bond motifs is 2. The summed E-state index contributed by atoms with van der Waals surface area (Å²) in [6, 6.07) is 15.9. The number of aromatic nitrogens is 2. The molecule has 68 heavy (non-hydrogen) atoms. The zero-order valence-electron chi connectivity index (χ0n) is 37.2. The summed E-state index contributed by atoms with van der Waals surface area (Å²) in [4.78, 5) is 38.6. The maximum Gasteiger partial charge on any atom is 0.296 e. The second kappa shape index (κ2) is 18.9. The van der Waals surface area contributed by atoms with Crippen LogP contribution in [0.15, 0.2) is 77.3 Å². The van der Waals surface area contributed by atoms with Gasteiger partial charge in [0.05, 0.1) is 53.6 Å². The number of nitrogens with zero attached hydrogens (tertiary/aromatic N) is 5. The first kappa shape index (κ1) is 45.9. The van der Waals surface area contributed by atoms with E-state index in [4.69, 9.17) is 25.8 Å². The average molecular weight is 973 g/mol. The van der Waals surface area contributed by atoms with Gasteiger partial charge in [-0.15, -0.1) is 0 Å². The molecular weight excluding hydrogens is 922 g/mol. The number of nitro groups is 1. The third kappa shape index (κ3) is 9.33. The third-order valence-electron chi connectivity index (χ3n) is 14.0.